The molecular formula is C23H24FN3O5. The third-order valence-electron chi connectivity index (χ3n) is 5.11. The molecule has 2 aromatic rings. The fourth-order valence-electron chi connectivity index (χ4n) is 3.44. The molecule has 3 amide bonds. The first kappa shape index (κ1) is 22.9. The Morgan fingerprint density at radius 1 is 0.969 bits per heavy atom. The maximum Gasteiger partial charge on any atom is 0.328 e. The molecule has 0 aliphatic carbocycles. The molecule has 3 rings (SSSR count). The maximum absolute atomic E-state index is 13.1. The SMILES string of the molecule is COC(=O)[C@@H](Cc1ccc(F)cc1)NC(=O)C[C@@H]1NC(=O)[C@H](Cc2ccccc2)NC1=O. The van der Waals surface area contributed by atoms with Gasteiger partial charge in [-0.1, -0.05) is 42.5 Å². The molecule has 0 spiro atoms. The molecule has 1 heterocycles. The molecule has 0 unspecified atom stereocenters. The van der Waals surface area contributed by atoms with Gasteiger partial charge in [0, 0.05) is 12.8 Å². The fourth-order valence-corrected chi connectivity index (χ4v) is 3.44. The summed E-state index contributed by atoms with van der Waals surface area (Å²) < 4.78 is 17.8. The van der Waals surface area contributed by atoms with Crippen LogP contribution in [0.4, 0.5) is 4.39 Å². The van der Waals surface area contributed by atoms with Gasteiger partial charge in [-0.25, -0.2) is 9.18 Å². The maximum atomic E-state index is 13.1. The molecule has 2 aromatic carbocycles. The lowest BCUT2D eigenvalue weighted by Gasteiger charge is -2.29. The number of rotatable bonds is 8. The van der Waals surface area contributed by atoms with Gasteiger partial charge >= 0.3 is 5.97 Å². The van der Waals surface area contributed by atoms with E-state index in [1.807, 2.05) is 30.3 Å². The van der Waals surface area contributed by atoms with Crippen molar-refractivity contribution in [2.24, 2.45) is 0 Å². The molecular weight excluding hydrogens is 417 g/mol. The number of benzene rings is 2. The van der Waals surface area contributed by atoms with Crippen LogP contribution in [-0.2, 0) is 36.8 Å². The number of halogens is 1. The van der Waals surface area contributed by atoms with E-state index in [9.17, 15) is 23.6 Å². The van der Waals surface area contributed by atoms with Crippen molar-refractivity contribution in [1.82, 2.24) is 16.0 Å². The average Bonchev–Trinajstić information content (AvgIpc) is 2.78. The van der Waals surface area contributed by atoms with Gasteiger partial charge in [0.25, 0.3) is 0 Å². The minimum atomic E-state index is -1.06. The highest BCUT2D eigenvalue weighted by molar-refractivity contribution is 5.99. The van der Waals surface area contributed by atoms with E-state index < -0.39 is 41.7 Å². The van der Waals surface area contributed by atoms with Crippen molar-refractivity contribution in [2.75, 3.05) is 7.11 Å². The van der Waals surface area contributed by atoms with Crippen molar-refractivity contribution < 1.29 is 28.3 Å². The van der Waals surface area contributed by atoms with Gasteiger partial charge in [-0.15, -0.1) is 0 Å². The van der Waals surface area contributed by atoms with Crippen molar-refractivity contribution in [1.29, 1.82) is 0 Å². The third kappa shape index (κ3) is 6.13. The van der Waals surface area contributed by atoms with E-state index in [0.717, 1.165) is 5.56 Å². The number of piperazine rings is 1. The molecule has 0 aromatic heterocycles. The summed E-state index contributed by atoms with van der Waals surface area (Å²) in [6, 6.07) is 11.9. The number of ether oxygens (including phenoxy) is 1. The lowest BCUT2D eigenvalue weighted by atomic mass is 10.0. The van der Waals surface area contributed by atoms with E-state index in [2.05, 4.69) is 16.0 Å². The summed E-state index contributed by atoms with van der Waals surface area (Å²) >= 11 is 0. The van der Waals surface area contributed by atoms with Crippen LogP contribution in [-0.4, -0.2) is 48.9 Å². The highest BCUT2D eigenvalue weighted by atomic mass is 19.1. The van der Waals surface area contributed by atoms with E-state index >= 15 is 0 Å². The summed E-state index contributed by atoms with van der Waals surface area (Å²) in [7, 11) is 1.19. The third-order valence-corrected chi connectivity index (χ3v) is 5.11. The quantitative estimate of drug-likeness (QED) is 0.521. The Hall–Kier alpha value is -3.75. The summed E-state index contributed by atoms with van der Waals surface area (Å²) in [5.74, 6) is -2.57. The molecule has 8 nitrogen and oxygen atoms in total. The predicted molar refractivity (Wildman–Crippen MR) is 113 cm³/mol. The molecule has 32 heavy (non-hydrogen) atoms. The van der Waals surface area contributed by atoms with Crippen molar-refractivity contribution >= 4 is 23.7 Å². The van der Waals surface area contributed by atoms with Crippen LogP contribution >= 0.6 is 0 Å². The van der Waals surface area contributed by atoms with Gasteiger partial charge in [0.1, 0.15) is 23.9 Å². The van der Waals surface area contributed by atoms with Crippen molar-refractivity contribution in [3.63, 3.8) is 0 Å². The van der Waals surface area contributed by atoms with Gasteiger partial charge in [0.15, 0.2) is 0 Å². The zero-order valence-electron chi connectivity index (χ0n) is 17.5. The number of amides is 3. The first-order valence-corrected chi connectivity index (χ1v) is 10.1. The molecule has 1 aliphatic heterocycles. The van der Waals surface area contributed by atoms with Crippen LogP contribution in [0.3, 0.4) is 0 Å². The monoisotopic (exact) mass is 441 g/mol. The minimum Gasteiger partial charge on any atom is -0.467 e. The zero-order chi connectivity index (χ0) is 23.1. The van der Waals surface area contributed by atoms with E-state index in [4.69, 9.17) is 4.74 Å². The smallest absolute Gasteiger partial charge is 0.328 e. The van der Waals surface area contributed by atoms with Gasteiger partial charge in [0.2, 0.25) is 17.7 Å². The first-order chi connectivity index (χ1) is 15.4. The Balaban J connectivity index is 1.57. The van der Waals surface area contributed by atoms with E-state index in [0.29, 0.717) is 12.0 Å². The molecule has 1 saturated heterocycles. The largest absolute Gasteiger partial charge is 0.467 e. The topological polar surface area (TPSA) is 114 Å². The summed E-state index contributed by atoms with van der Waals surface area (Å²) in [6.07, 6.45) is 0.0764. The van der Waals surface area contributed by atoms with Crippen LogP contribution in [0.1, 0.15) is 17.5 Å². The Labute approximate surface area is 184 Å². The average molecular weight is 441 g/mol. The van der Waals surface area contributed by atoms with Crippen molar-refractivity contribution in [3.05, 3.63) is 71.5 Å². The van der Waals surface area contributed by atoms with Crippen LogP contribution in [0, 0.1) is 5.82 Å². The molecule has 3 N–H and O–H groups in total. The lowest BCUT2D eigenvalue weighted by molar-refractivity contribution is -0.145. The number of hydrogen-bond donors (Lipinski definition) is 3. The lowest BCUT2D eigenvalue weighted by Crippen LogP contribution is -2.63. The summed E-state index contributed by atoms with van der Waals surface area (Å²) in [5.41, 5.74) is 1.51. The van der Waals surface area contributed by atoms with Crippen molar-refractivity contribution in [3.8, 4) is 0 Å². The number of nitrogens with one attached hydrogen (secondary N) is 3. The normalized spacial score (nSPS) is 18.8. The van der Waals surface area contributed by atoms with Crippen LogP contribution in [0.25, 0.3) is 0 Å². The molecule has 1 aliphatic rings. The summed E-state index contributed by atoms with van der Waals surface area (Å²) in [6.45, 7) is 0. The second kappa shape index (κ2) is 10.5. The molecule has 0 radical (unpaired) electrons. The predicted octanol–water partition coefficient (Wildman–Crippen LogP) is 0.642. The van der Waals surface area contributed by atoms with Gasteiger partial charge in [0.05, 0.1) is 13.5 Å². The standard InChI is InChI=1S/C23H24FN3O5/c1-32-23(31)19(12-15-7-9-16(24)10-8-15)25-20(28)13-18-22(30)26-17(21(29)27-18)11-14-5-3-2-4-6-14/h2-10,17-19H,11-13H2,1H3,(H,25,28)(H,26,30)(H,27,29)/t17-,18-,19+/m0/s1. The Morgan fingerprint density at radius 2 is 1.59 bits per heavy atom. The molecule has 0 bridgehead atoms. The Bertz CT molecular complexity index is 981. The second-order valence-corrected chi connectivity index (χ2v) is 7.49. The molecule has 168 valence electrons. The number of carbonyl (C=O) groups excluding carboxylic acids is 4. The highest BCUT2D eigenvalue weighted by Gasteiger charge is 2.35. The fraction of sp³-hybridized carbons (Fsp3) is 0.304. The van der Waals surface area contributed by atoms with Crippen molar-refractivity contribution in [2.45, 2.75) is 37.4 Å². The van der Waals surface area contributed by atoms with Crippen LogP contribution in [0.15, 0.2) is 54.6 Å². The van der Waals surface area contributed by atoms with Gasteiger partial charge in [-0.3, -0.25) is 14.4 Å². The minimum absolute atomic E-state index is 0.0844. The second-order valence-electron chi connectivity index (χ2n) is 7.49. The van der Waals surface area contributed by atoms with Gasteiger partial charge in [-0.2, -0.15) is 0 Å². The van der Waals surface area contributed by atoms with Crippen LogP contribution in [0.2, 0.25) is 0 Å². The first-order valence-electron chi connectivity index (χ1n) is 10.1. The molecule has 3 atom stereocenters. The highest BCUT2D eigenvalue weighted by Crippen LogP contribution is 2.10. The van der Waals surface area contributed by atoms with Crippen LogP contribution in [0.5, 0.6) is 0 Å². The molecule has 0 saturated carbocycles. The number of methoxy groups -OCH3 is 1. The van der Waals surface area contributed by atoms with E-state index in [1.54, 1.807) is 0 Å². The van der Waals surface area contributed by atoms with Gasteiger partial charge in [-0.05, 0) is 23.3 Å². The Kier molecular flexibility index (Phi) is 7.54. The van der Waals surface area contributed by atoms with E-state index in [1.165, 1.54) is 31.4 Å². The molecule has 1 fully saturated rings. The number of hydrogen-bond acceptors (Lipinski definition) is 5. The number of carbonyl (C=O) groups is 4. The van der Waals surface area contributed by atoms with Crippen LogP contribution < -0.4 is 16.0 Å². The number of esters is 1. The molecule has 9 heteroatoms. The zero-order valence-corrected chi connectivity index (χ0v) is 17.5. The summed E-state index contributed by atoms with van der Waals surface area (Å²) in [4.78, 5) is 49.4. The van der Waals surface area contributed by atoms with Gasteiger partial charge < -0.3 is 20.7 Å². The summed E-state index contributed by atoms with van der Waals surface area (Å²) in [5, 5.41) is 7.74. The van der Waals surface area contributed by atoms with E-state index in [-0.39, 0.29) is 18.7 Å². The Morgan fingerprint density at radius 3 is 2.25 bits per heavy atom.